The molecule has 1 aromatic rings. The second-order valence-corrected chi connectivity index (χ2v) is 8.87. The molecule has 1 heterocycles. The molecule has 0 spiro atoms. The van der Waals surface area contributed by atoms with Gasteiger partial charge in [-0.15, -0.1) is 0 Å². The Morgan fingerprint density at radius 3 is 2.32 bits per heavy atom. The maximum atomic E-state index is 13.1. The fourth-order valence-corrected chi connectivity index (χ4v) is 4.59. The summed E-state index contributed by atoms with van der Waals surface area (Å²) in [5, 5.41) is 10.9. The van der Waals surface area contributed by atoms with Gasteiger partial charge in [-0.05, 0) is 65.0 Å². The molecule has 0 aromatic heterocycles. The van der Waals surface area contributed by atoms with Crippen molar-refractivity contribution in [3.8, 4) is 6.07 Å². The molecule has 0 aliphatic carbocycles. The minimum absolute atomic E-state index is 0.0711. The summed E-state index contributed by atoms with van der Waals surface area (Å²) >= 11 is 6.51. The van der Waals surface area contributed by atoms with Gasteiger partial charge in [0.2, 0.25) is 5.91 Å². The van der Waals surface area contributed by atoms with Crippen LogP contribution in [0.15, 0.2) is 24.3 Å². The minimum Gasteiger partial charge on any atom is -0.343 e. The van der Waals surface area contributed by atoms with E-state index >= 15 is 0 Å². The molecule has 1 atom stereocenters. The molecule has 1 unspecified atom stereocenters. The fraction of sp³-hybridized carbons (Fsp3) is 0.652. The van der Waals surface area contributed by atoms with Gasteiger partial charge in [0.25, 0.3) is 0 Å². The monoisotopic (exact) mass is 403 g/mol. The van der Waals surface area contributed by atoms with Crippen LogP contribution in [0.4, 0.5) is 0 Å². The molecule has 0 bridgehead atoms. The van der Waals surface area contributed by atoms with Crippen LogP contribution in [0.5, 0.6) is 0 Å². The Kier molecular flexibility index (Phi) is 8.34. The van der Waals surface area contributed by atoms with Crippen LogP contribution in [-0.2, 0) is 10.2 Å². The maximum absolute atomic E-state index is 13.1. The number of rotatable bonds is 8. The molecule has 5 heteroatoms. The molecule has 1 aliphatic heterocycles. The Morgan fingerprint density at radius 1 is 1.18 bits per heavy atom. The van der Waals surface area contributed by atoms with Crippen molar-refractivity contribution < 1.29 is 4.79 Å². The summed E-state index contributed by atoms with van der Waals surface area (Å²) in [5.74, 6) is 0.0711. The van der Waals surface area contributed by atoms with Gasteiger partial charge in [0.05, 0.1) is 11.5 Å². The van der Waals surface area contributed by atoms with Crippen molar-refractivity contribution in [1.82, 2.24) is 9.80 Å². The number of carbonyl (C=O) groups is 1. The van der Waals surface area contributed by atoms with E-state index in [4.69, 9.17) is 11.6 Å². The lowest BCUT2D eigenvalue weighted by molar-refractivity contribution is -0.133. The molecule has 4 nitrogen and oxygen atoms in total. The number of carbonyl (C=O) groups excluding carboxylic acids is 1. The smallest absolute Gasteiger partial charge is 0.224 e. The summed E-state index contributed by atoms with van der Waals surface area (Å²) in [6, 6.07) is 10.8. The highest BCUT2D eigenvalue weighted by atomic mass is 35.5. The molecule has 2 rings (SSSR count). The van der Waals surface area contributed by atoms with Gasteiger partial charge in [-0.3, -0.25) is 9.69 Å². The van der Waals surface area contributed by atoms with Gasteiger partial charge < -0.3 is 4.90 Å². The van der Waals surface area contributed by atoms with Crippen LogP contribution in [0.1, 0.15) is 65.4 Å². The summed E-state index contributed by atoms with van der Waals surface area (Å²) in [4.78, 5) is 17.4. The highest BCUT2D eigenvalue weighted by Crippen LogP contribution is 2.37. The summed E-state index contributed by atoms with van der Waals surface area (Å²) in [5.41, 5.74) is -0.133. The van der Waals surface area contributed by atoms with Crippen LogP contribution in [0.25, 0.3) is 0 Å². The molecule has 1 fully saturated rings. The van der Waals surface area contributed by atoms with E-state index < -0.39 is 5.41 Å². The molecular weight excluding hydrogens is 370 g/mol. The number of amides is 1. The maximum Gasteiger partial charge on any atom is 0.224 e. The predicted molar refractivity (Wildman–Crippen MR) is 115 cm³/mol. The third kappa shape index (κ3) is 5.49. The first-order valence-electron chi connectivity index (χ1n) is 10.5. The van der Waals surface area contributed by atoms with Gasteiger partial charge in [-0.25, -0.2) is 0 Å². The van der Waals surface area contributed by atoms with E-state index in [1.54, 1.807) is 0 Å². The Hall–Kier alpha value is -1.57. The lowest BCUT2D eigenvalue weighted by Gasteiger charge is -2.36. The van der Waals surface area contributed by atoms with Gasteiger partial charge in [0.15, 0.2) is 0 Å². The van der Waals surface area contributed by atoms with E-state index in [1.807, 2.05) is 29.2 Å². The average Bonchev–Trinajstić information content (AvgIpc) is 2.67. The zero-order chi connectivity index (χ0) is 20.7. The number of halogens is 1. The van der Waals surface area contributed by atoms with Crippen LogP contribution in [-0.4, -0.2) is 47.4 Å². The Labute approximate surface area is 175 Å². The third-order valence-electron chi connectivity index (χ3n) is 5.89. The highest BCUT2D eigenvalue weighted by molar-refractivity contribution is 6.31. The van der Waals surface area contributed by atoms with Crippen LogP contribution in [0, 0.1) is 11.3 Å². The summed E-state index contributed by atoms with van der Waals surface area (Å²) in [6.07, 6.45) is 4.05. The SMILES string of the molecule is CC(C)N(CCC(C#N)(CC(=O)N1CCCCC1)c1ccccc1Cl)C(C)C. The Morgan fingerprint density at radius 2 is 1.79 bits per heavy atom. The van der Waals surface area contributed by atoms with Crippen LogP contribution < -0.4 is 0 Å². The number of piperidine rings is 1. The summed E-state index contributed by atoms with van der Waals surface area (Å²) in [6.45, 7) is 11.0. The van der Waals surface area contributed by atoms with Crippen molar-refractivity contribution >= 4 is 17.5 Å². The number of nitriles is 1. The molecule has 154 valence electrons. The number of hydrogen-bond acceptors (Lipinski definition) is 3. The lowest BCUT2D eigenvalue weighted by Crippen LogP contribution is -2.43. The summed E-state index contributed by atoms with van der Waals surface area (Å²) < 4.78 is 0. The Bertz CT molecular complexity index is 683. The number of benzene rings is 1. The largest absolute Gasteiger partial charge is 0.343 e. The molecule has 28 heavy (non-hydrogen) atoms. The van der Waals surface area contributed by atoms with Crippen molar-refractivity contribution in [3.63, 3.8) is 0 Å². The van der Waals surface area contributed by atoms with Gasteiger partial charge in [0.1, 0.15) is 0 Å². The van der Waals surface area contributed by atoms with Gasteiger partial charge >= 0.3 is 0 Å². The zero-order valence-corrected chi connectivity index (χ0v) is 18.5. The standard InChI is InChI=1S/C23H34ClN3O/c1-18(2)27(19(3)4)15-12-23(17-25,20-10-6-7-11-21(20)24)16-22(28)26-13-8-5-9-14-26/h6-7,10-11,18-19H,5,8-9,12-16H2,1-4H3. The lowest BCUT2D eigenvalue weighted by atomic mass is 9.75. The fourth-order valence-electron chi connectivity index (χ4n) is 4.27. The van der Waals surface area contributed by atoms with E-state index in [0.717, 1.165) is 38.0 Å². The molecule has 0 N–H and O–H groups in total. The molecule has 1 saturated heterocycles. The van der Waals surface area contributed by atoms with Crippen molar-refractivity contribution in [2.45, 2.75) is 77.3 Å². The van der Waals surface area contributed by atoms with Gasteiger partial charge in [-0.1, -0.05) is 29.8 Å². The first-order valence-corrected chi connectivity index (χ1v) is 10.9. The Balaban J connectivity index is 2.32. The number of likely N-dealkylation sites (tertiary alicyclic amines) is 1. The van der Waals surface area contributed by atoms with E-state index in [1.165, 1.54) is 6.42 Å². The molecule has 1 aromatic carbocycles. The highest BCUT2D eigenvalue weighted by Gasteiger charge is 2.38. The normalized spacial score (nSPS) is 17.0. The van der Waals surface area contributed by atoms with E-state index in [2.05, 4.69) is 38.7 Å². The first-order chi connectivity index (χ1) is 13.3. The van der Waals surface area contributed by atoms with Crippen LogP contribution >= 0.6 is 11.6 Å². The molecule has 0 radical (unpaired) electrons. The molecular formula is C23H34ClN3O. The summed E-state index contributed by atoms with van der Waals surface area (Å²) in [7, 11) is 0. The van der Waals surface area contributed by atoms with E-state index in [-0.39, 0.29) is 12.3 Å². The van der Waals surface area contributed by atoms with Crippen molar-refractivity contribution in [2.75, 3.05) is 19.6 Å². The van der Waals surface area contributed by atoms with Gasteiger partial charge in [0, 0.05) is 43.2 Å². The topological polar surface area (TPSA) is 47.3 Å². The van der Waals surface area contributed by atoms with Crippen LogP contribution in [0.3, 0.4) is 0 Å². The van der Waals surface area contributed by atoms with E-state index in [0.29, 0.717) is 23.5 Å². The molecule has 1 amide bonds. The van der Waals surface area contributed by atoms with Crippen molar-refractivity contribution in [3.05, 3.63) is 34.9 Å². The molecule has 0 saturated carbocycles. The second-order valence-electron chi connectivity index (χ2n) is 8.47. The number of nitrogens with zero attached hydrogens (tertiary/aromatic N) is 3. The number of hydrogen-bond donors (Lipinski definition) is 0. The van der Waals surface area contributed by atoms with Crippen molar-refractivity contribution in [2.24, 2.45) is 0 Å². The quantitative estimate of drug-likeness (QED) is 0.612. The second kappa shape index (κ2) is 10.3. The predicted octanol–water partition coefficient (Wildman–Crippen LogP) is 5.01. The van der Waals surface area contributed by atoms with Gasteiger partial charge in [-0.2, -0.15) is 5.26 Å². The van der Waals surface area contributed by atoms with E-state index in [9.17, 15) is 10.1 Å². The first kappa shape index (κ1) is 22.7. The average molecular weight is 404 g/mol. The van der Waals surface area contributed by atoms with Crippen LogP contribution in [0.2, 0.25) is 5.02 Å². The molecule has 1 aliphatic rings. The van der Waals surface area contributed by atoms with Crippen molar-refractivity contribution in [1.29, 1.82) is 5.26 Å². The third-order valence-corrected chi connectivity index (χ3v) is 6.22. The minimum atomic E-state index is -0.908. The zero-order valence-electron chi connectivity index (χ0n) is 17.7.